The highest BCUT2D eigenvalue weighted by molar-refractivity contribution is 7.92. The molecule has 3 aromatic rings. The molecule has 0 bridgehead atoms. The van der Waals surface area contributed by atoms with Crippen LogP contribution in [-0.4, -0.2) is 51.8 Å². The summed E-state index contributed by atoms with van der Waals surface area (Å²) in [5.74, 6) is 1.17. The highest BCUT2D eigenvalue weighted by Gasteiger charge is 2.17. The van der Waals surface area contributed by atoms with E-state index in [0.29, 0.717) is 23.5 Å². The molecule has 4 N–H and O–H groups in total. The molecular weight excluding hydrogens is 468 g/mol. The number of hydrogen-bond donors (Lipinski definition) is 4. The molecule has 0 heterocycles. The minimum atomic E-state index is -3.54. The average Bonchev–Trinajstić information content (AvgIpc) is 2.83. The molecule has 2 atom stereocenters. The molecule has 0 aliphatic heterocycles. The second-order valence-electron chi connectivity index (χ2n) is 8.38. The summed E-state index contributed by atoms with van der Waals surface area (Å²) in [6, 6.07) is 20.2. The van der Waals surface area contributed by atoms with Gasteiger partial charge in [-0.3, -0.25) is 4.72 Å². The fourth-order valence-corrected chi connectivity index (χ4v) is 4.37. The van der Waals surface area contributed by atoms with Crippen LogP contribution in [0.4, 0.5) is 5.69 Å². The van der Waals surface area contributed by atoms with Crippen molar-refractivity contribution in [2.24, 2.45) is 0 Å². The number of hydrogen-bond acceptors (Lipinski definition) is 7. The van der Waals surface area contributed by atoms with E-state index in [-0.39, 0.29) is 30.4 Å². The molecule has 0 radical (unpaired) electrons. The maximum atomic E-state index is 11.5. The molecule has 1 unspecified atom stereocenters. The number of phenols is 1. The molecule has 0 amide bonds. The number of methoxy groups -OCH3 is 2. The number of anilines is 1. The summed E-state index contributed by atoms with van der Waals surface area (Å²) in [4.78, 5) is 0. The van der Waals surface area contributed by atoms with Gasteiger partial charge >= 0.3 is 0 Å². The molecule has 9 heteroatoms. The third-order valence-corrected chi connectivity index (χ3v) is 6.08. The normalized spacial score (nSPS) is 13.1. The summed E-state index contributed by atoms with van der Waals surface area (Å²) >= 11 is 0. The van der Waals surface area contributed by atoms with Crippen LogP contribution in [0.1, 0.15) is 22.7 Å². The van der Waals surface area contributed by atoms with Crippen LogP contribution in [0.15, 0.2) is 66.7 Å². The van der Waals surface area contributed by atoms with Crippen molar-refractivity contribution in [1.82, 2.24) is 5.32 Å². The first-order chi connectivity index (χ1) is 16.7. The highest BCUT2D eigenvalue weighted by Crippen LogP contribution is 2.29. The second kappa shape index (κ2) is 11.9. The number of nitrogens with one attached hydrogen (secondary N) is 2. The number of aromatic hydroxyl groups is 1. The van der Waals surface area contributed by atoms with Crippen molar-refractivity contribution in [3.05, 3.63) is 83.4 Å². The zero-order chi connectivity index (χ0) is 25.4. The van der Waals surface area contributed by atoms with Crippen LogP contribution in [0, 0.1) is 0 Å². The van der Waals surface area contributed by atoms with Crippen LogP contribution in [0.2, 0.25) is 0 Å². The Balaban J connectivity index is 1.75. The Morgan fingerprint density at radius 1 is 0.886 bits per heavy atom. The molecule has 188 valence electrons. The number of phenolic OH excluding ortho intramolecular Hbond substituents is 1. The third kappa shape index (κ3) is 8.17. The summed E-state index contributed by atoms with van der Waals surface area (Å²) in [6.45, 7) is 0.284. The molecule has 0 spiro atoms. The number of ether oxygens (including phenoxy) is 2. The Morgan fingerprint density at radius 3 is 2.14 bits per heavy atom. The Labute approximate surface area is 206 Å². The summed E-state index contributed by atoms with van der Waals surface area (Å²) in [5.41, 5.74) is 2.86. The Morgan fingerprint density at radius 2 is 1.54 bits per heavy atom. The minimum absolute atomic E-state index is 0.0792. The van der Waals surface area contributed by atoms with E-state index < -0.39 is 16.1 Å². The molecule has 3 rings (SSSR count). The Kier molecular flexibility index (Phi) is 8.97. The zero-order valence-electron chi connectivity index (χ0n) is 20.1. The summed E-state index contributed by atoms with van der Waals surface area (Å²) < 4.78 is 36.2. The maximum absolute atomic E-state index is 11.5. The van der Waals surface area contributed by atoms with E-state index in [1.807, 2.05) is 36.4 Å². The standard InChI is InChI=1S/C26H32N2O6S/c1-33-22-14-20(15-23(16-22)34-2)24(12-18-7-5-4-6-8-18)27-17-21(29)11-19-9-10-26(30)25(13-19)28-35(3,31)32/h4-10,13-16,21,24,27-30H,11-12,17H2,1-3H3/t21-,24?/m0/s1. The largest absolute Gasteiger partial charge is 0.506 e. The molecule has 3 aromatic carbocycles. The number of benzene rings is 3. The topological polar surface area (TPSA) is 117 Å². The van der Waals surface area contributed by atoms with E-state index in [0.717, 1.165) is 17.4 Å². The van der Waals surface area contributed by atoms with Crippen LogP contribution < -0.4 is 19.5 Å². The van der Waals surface area contributed by atoms with Gasteiger partial charge in [0.25, 0.3) is 0 Å². The lowest BCUT2D eigenvalue weighted by Crippen LogP contribution is -2.32. The monoisotopic (exact) mass is 500 g/mol. The fraction of sp³-hybridized carbons (Fsp3) is 0.308. The quantitative estimate of drug-likeness (QED) is 0.282. The molecule has 0 fully saturated rings. The highest BCUT2D eigenvalue weighted by atomic mass is 32.2. The Bertz CT molecular complexity index is 1200. The van der Waals surface area contributed by atoms with Gasteiger partial charge in [0.15, 0.2) is 0 Å². The molecule has 0 aliphatic carbocycles. The van der Waals surface area contributed by atoms with Crippen LogP contribution in [0.5, 0.6) is 17.2 Å². The number of sulfonamides is 1. The van der Waals surface area contributed by atoms with E-state index in [9.17, 15) is 18.6 Å². The van der Waals surface area contributed by atoms with E-state index in [1.54, 1.807) is 20.3 Å². The van der Waals surface area contributed by atoms with Gasteiger partial charge in [-0.15, -0.1) is 0 Å². The van der Waals surface area contributed by atoms with Gasteiger partial charge in [-0.1, -0.05) is 36.4 Å². The van der Waals surface area contributed by atoms with Gasteiger partial charge in [-0.25, -0.2) is 8.42 Å². The summed E-state index contributed by atoms with van der Waals surface area (Å²) in [5, 5.41) is 24.1. The predicted molar refractivity (Wildman–Crippen MR) is 137 cm³/mol. The zero-order valence-corrected chi connectivity index (χ0v) is 20.9. The molecular formula is C26H32N2O6S. The molecule has 35 heavy (non-hydrogen) atoms. The smallest absolute Gasteiger partial charge is 0.229 e. The van der Waals surface area contributed by atoms with Gasteiger partial charge in [0.05, 0.1) is 32.3 Å². The van der Waals surface area contributed by atoms with E-state index in [4.69, 9.17) is 9.47 Å². The number of aliphatic hydroxyl groups is 1. The Hall–Kier alpha value is -3.27. The van der Waals surface area contributed by atoms with Gasteiger partial charge in [0, 0.05) is 18.7 Å². The molecule has 0 aromatic heterocycles. The fourth-order valence-electron chi connectivity index (χ4n) is 3.80. The predicted octanol–water partition coefficient (Wildman–Crippen LogP) is 3.26. The van der Waals surface area contributed by atoms with Crippen LogP contribution in [0.25, 0.3) is 0 Å². The van der Waals surface area contributed by atoms with Crippen molar-refractivity contribution in [3.63, 3.8) is 0 Å². The molecule has 0 aliphatic rings. The molecule has 8 nitrogen and oxygen atoms in total. The maximum Gasteiger partial charge on any atom is 0.229 e. The van der Waals surface area contributed by atoms with E-state index in [1.165, 1.54) is 12.1 Å². The van der Waals surface area contributed by atoms with Crippen molar-refractivity contribution < 1.29 is 28.1 Å². The average molecular weight is 501 g/mol. The van der Waals surface area contributed by atoms with Crippen molar-refractivity contribution in [1.29, 1.82) is 0 Å². The first-order valence-corrected chi connectivity index (χ1v) is 13.0. The number of aliphatic hydroxyl groups excluding tert-OH is 1. The SMILES string of the molecule is COc1cc(OC)cc(C(Cc2ccccc2)NC[C@@H](O)Cc2ccc(O)c(NS(C)(=O)=O)c2)c1. The van der Waals surface area contributed by atoms with E-state index >= 15 is 0 Å². The van der Waals surface area contributed by atoms with Gasteiger partial charge in [0.2, 0.25) is 10.0 Å². The van der Waals surface area contributed by atoms with Gasteiger partial charge < -0.3 is 25.0 Å². The van der Waals surface area contributed by atoms with Crippen LogP contribution >= 0.6 is 0 Å². The van der Waals surface area contributed by atoms with Crippen molar-refractivity contribution >= 4 is 15.7 Å². The van der Waals surface area contributed by atoms with Crippen LogP contribution in [-0.2, 0) is 22.9 Å². The summed E-state index contributed by atoms with van der Waals surface area (Å²) in [7, 11) is -0.336. The lowest BCUT2D eigenvalue weighted by atomic mass is 9.97. The van der Waals surface area contributed by atoms with E-state index in [2.05, 4.69) is 22.2 Å². The van der Waals surface area contributed by atoms with Gasteiger partial charge in [-0.05, 0) is 53.8 Å². The lowest BCUT2D eigenvalue weighted by Gasteiger charge is -2.23. The van der Waals surface area contributed by atoms with Gasteiger partial charge in [0.1, 0.15) is 17.2 Å². The van der Waals surface area contributed by atoms with Crippen LogP contribution in [0.3, 0.4) is 0 Å². The van der Waals surface area contributed by atoms with Crippen molar-refractivity contribution in [3.8, 4) is 17.2 Å². The van der Waals surface area contributed by atoms with Crippen molar-refractivity contribution in [2.45, 2.75) is 25.0 Å². The lowest BCUT2D eigenvalue weighted by molar-refractivity contribution is 0.167. The number of rotatable bonds is 12. The van der Waals surface area contributed by atoms with Gasteiger partial charge in [-0.2, -0.15) is 0 Å². The molecule has 0 saturated heterocycles. The first kappa shape index (κ1) is 26.3. The first-order valence-electron chi connectivity index (χ1n) is 11.1. The third-order valence-electron chi connectivity index (χ3n) is 5.49. The summed E-state index contributed by atoms with van der Waals surface area (Å²) in [6.07, 6.45) is 1.21. The second-order valence-corrected chi connectivity index (χ2v) is 10.1. The minimum Gasteiger partial charge on any atom is -0.506 e. The van der Waals surface area contributed by atoms with Crippen molar-refractivity contribution in [2.75, 3.05) is 31.7 Å². The molecule has 0 saturated carbocycles.